The Morgan fingerprint density at radius 2 is 2.05 bits per heavy atom. The first-order chi connectivity index (χ1) is 9.99. The number of thiophene rings is 1. The van der Waals surface area contributed by atoms with Gasteiger partial charge in [0.1, 0.15) is 0 Å². The van der Waals surface area contributed by atoms with Crippen LogP contribution in [0.2, 0.25) is 0 Å². The summed E-state index contributed by atoms with van der Waals surface area (Å²) in [6, 6.07) is 9.41. The number of hydrogen-bond donors (Lipinski definition) is 1. The van der Waals surface area contributed by atoms with E-state index in [0.29, 0.717) is 6.42 Å². The van der Waals surface area contributed by atoms with Gasteiger partial charge in [0.2, 0.25) is 0 Å². The third-order valence-corrected chi connectivity index (χ3v) is 4.56. The number of benzene rings is 1. The van der Waals surface area contributed by atoms with Crippen LogP contribution >= 0.6 is 11.3 Å². The van der Waals surface area contributed by atoms with E-state index >= 15 is 0 Å². The van der Waals surface area contributed by atoms with E-state index in [-0.39, 0.29) is 16.7 Å². The Morgan fingerprint density at radius 3 is 2.67 bits per heavy atom. The fourth-order valence-corrected chi connectivity index (χ4v) is 3.54. The molecule has 2 aromatic rings. The van der Waals surface area contributed by atoms with E-state index in [4.69, 9.17) is 0 Å². The molecule has 0 aliphatic rings. The first-order valence-electron chi connectivity index (χ1n) is 7.01. The highest BCUT2D eigenvalue weighted by Crippen LogP contribution is 2.26. The number of rotatable bonds is 6. The monoisotopic (exact) mass is 304 g/mol. The first-order valence-corrected chi connectivity index (χ1v) is 7.83. The topological polar surface area (TPSA) is 55.2 Å². The van der Waals surface area contributed by atoms with E-state index in [1.165, 1.54) is 15.3 Å². The van der Waals surface area contributed by atoms with Gasteiger partial charge in [0, 0.05) is 27.4 Å². The molecule has 0 aliphatic carbocycles. The lowest BCUT2D eigenvalue weighted by Crippen LogP contribution is -2.21. The molecule has 1 heterocycles. The van der Waals surface area contributed by atoms with Crippen LogP contribution in [0.4, 0.5) is 5.69 Å². The summed E-state index contributed by atoms with van der Waals surface area (Å²) in [5, 5.41) is 14.4. The van der Waals surface area contributed by atoms with Crippen molar-refractivity contribution in [2.45, 2.75) is 33.2 Å². The molecular weight excluding hydrogens is 284 g/mol. The van der Waals surface area contributed by atoms with Gasteiger partial charge in [-0.2, -0.15) is 0 Å². The second kappa shape index (κ2) is 6.83. The van der Waals surface area contributed by atoms with Gasteiger partial charge in [-0.1, -0.05) is 18.2 Å². The van der Waals surface area contributed by atoms with Gasteiger partial charge in [-0.15, -0.1) is 11.3 Å². The maximum Gasteiger partial charge on any atom is 0.272 e. The summed E-state index contributed by atoms with van der Waals surface area (Å²) in [7, 11) is 0. The predicted molar refractivity (Wildman–Crippen MR) is 87.0 cm³/mol. The molecule has 5 heteroatoms. The van der Waals surface area contributed by atoms with E-state index in [9.17, 15) is 10.1 Å². The zero-order chi connectivity index (χ0) is 15.4. The SMILES string of the molecule is Cc1cc(C(C)NCCc2ccccc2[N+](=O)[O-])c(C)s1. The van der Waals surface area contributed by atoms with Crippen LogP contribution in [0.25, 0.3) is 0 Å². The summed E-state index contributed by atoms with van der Waals surface area (Å²) in [6.45, 7) is 7.10. The van der Waals surface area contributed by atoms with Crippen molar-refractivity contribution in [1.29, 1.82) is 0 Å². The molecule has 0 amide bonds. The van der Waals surface area contributed by atoms with Crippen molar-refractivity contribution in [3.05, 3.63) is 61.3 Å². The van der Waals surface area contributed by atoms with Crippen molar-refractivity contribution in [2.24, 2.45) is 0 Å². The third kappa shape index (κ3) is 3.89. The highest BCUT2D eigenvalue weighted by molar-refractivity contribution is 7.12. The molecule has 0 fully saturated rings. The van der Waals surface area contributed by atoms with Crippen LogP contribution in [-0.2, 0) is 6.42 Å². The van der Waals surface area contributed by atoms with Crippen LogP contribution in [0.3, 0.4) is 0 Å². The number of para-hydroxylation sites is 1. The van der Waals surface area contributed by atoms with Gasteiger partial charge in [-0.25, -0.2) is 0 Å². The fraction of sp³-hybridized carbons (Fsp3) is 0.375. The molecule has 4 nitrogen and oxygen atoms in total. The highest BCUT2D eigenvalue weighted by atomic mass is 32.1. The van der Waals surface area contributed by atoms with Gasteiger partial charge in [-0.05, 0) is 45.4 Å². The minimum Gasteiger partial charge on any atom is -0.310 e. The maximum atomic E-state index is 11.0. The van der Waals surface area contributed by atoms with Crippen LogP contribution in [0.15, 0.2) is 30.3 Å². The van der Waals surface area contributed by atoms with Crippen molar-refractivity contribution in [2.75, 3.05) is 6.54 Å². The standard InChI is InChI=1S/C16H20N2O2S/c1-11-10-15(13(3)21-11)12(2)17-9-8-14-6-4-5-7-16(14)18(19)20/h4-7,10,12,17H,8-9H2,1-3H3. The molecule has 0 saturated carbocycles. The van der Waals surface area contributed by atoms with E-state index in [1.54, 1.807) is 23.5 Å². The normalized spacial score (nSPS) is 12.3. The van der Waals surface area contributed by atoms with E-state index in [1.807, 2.05) is 12.1 Å². The molecule has 1 aromatic carbocycles. The van der Waals surface area contributed by atoms with E-state index < -0.39 is 0 Å². The molecule has 1 N–H and O–H groups in total. The Labute approximate surface area is 129 Å². The van der Waals surface area contributed by atoms with E-state index in [0.717, 1.165) is 12.1 Å². The molecule has 0 bridgehead atoms. The van der Waals surface area contributed by atoms with Crippen LogP contribution in [0.5, 0.6) is 0 Å². The van der Waals surface area contributed by atoms with Gasteiger partial charge in [-0.3, -0.25) is 10.1 Å². The summed E-state index contributed by atoms with van der Waals surface area (Å²) >= 11 is 1.80. The van der Waals surface area contributed by atoms with Gasteiger partial charge in [0.05, 0.1) is 4.92 Å². The second-order valence-corrected chi connectivity index (χ2v) is 6.64. The molecule has 0 radical (unpaired) electrons. The number of aryl methyl sites for hydroxylation is 2. The quantitative estimate of drug-likeness (QED) is 0.644. The molecule has 0 aliphatic heterocycles. The summed E-state index contributed by atoms with van der Waals surface area (Å²) < 4.78 is 0. The van der Waals surface area contributed by atoms with Crippen molar-refractivity contribution in [3.63, 3.8) is 0 Å². The summed E-state index contributed by atoms with van der Waals surface area (Å²) in [5.41, 5.74) is 2.30. The smallest absolute Gasteiger partial charge is 0.272 e. The van der Waals surface area contributed by atoms with Crippen molar-refractivity contribution >= 4 is 17.0 Å². The number of hydrogen-bond acceptors (Lipinski definition) is 4. The number of nitrogens with one attached hydrogen (secondary N) is 1. The van der Waals surface area contributed by atoms with Crippen LogP contribution in [-0.4, -0.2) is 11.5 Å². The van der Waals surface area contributed by atoms with E-state index in [2.05, 4.69) is 32.2 Å². The zero-order valence-corrected chi connectivity index (χ0v) is 13.4. The molecule has 0 spiro atoms. The lowest BCUT2D eigenvalue weighted by molar-refractivity contribution is -0.385. The molecule has 2 rings (SSSR count). The molecular formula is C16H20N2O2S. The van der Waals surface area contributed by atoms with Gasteiger partial charge >= 0.3 is 0 Å². The molecule has 112 valence electrons. The minimum atomic E-state index is -0.314. The molecule has 0 saturated heterocycles. The number of nitrogens with zero attached hydrogens (tertiary/aromatic N) is 1. The van der Waals surface area contributed by atoms with Crippen molar-refractivity contribution in [3.8, 4) is 0 Å². The average molecular weight is 304 g/mol. The second-order valence-electron chi connectivity index (χ2n) is 5.18. The molecule has 1 unspecified atom stereocenters. The van der Waals surface area contributed by atoms with Gasteiger partial charge in [0.15, 0.2) is 0 Å². The van der Waals surface area contributed by atoms with Crippen molar-refractivity contribution < 1.29 is 4.92 Å². The fourth-order valence-electron chi connectivity index (χ4n) is 2.51. The summed E-state index contributed by atoms with van der Waals surface area (Å²) in [5.74, 6) is 0. The molecule has 21 heavy (non-hydrogen) atoms. The Bertz CT molecular complexity index is 637. The Hall–Kier alpha value is -1.72. The Kier molecular flexibility index (Phi) is 5.09. The average Bonchev–Trinajstić information content (AvgIpc) is 2.78. The third-order valence-electron chi connectivity index (χ3n) is 3.58. The minimum absolute atomic E-state index is 0.203. The molecule has 1 atom stereocenters. The predicted octanol–water partition coefficient (Wildman–Crippen LogP) is 4.17. The summed E-state index contributed by atoms with van der Waals surface area (Å²) in [6.07, 6.45) is 0.656. The lowest BCUT2D eigenvalue weighted by Gasteiger charge is -2.13. The largest absolute Gasteiger partial charge is 0.310 e. The maximum absolute atomic E-state index is 11.0. The summed E-state index contributed by atoms with van der Waals surface area (Å²) in [4.78, 5) is 13.3. The Balaban J connectivity index is 1.96. The van der Waals surface area contributed by atoms with Crippen LogP contribution in [0, 0.1) is 24.0 Å². The molecule has 1 aromatic heterocycles. The first kappa shape index (κ1) is 15.7. The zero-order valence-electron chi connectivity index (χ0n) is 12.6. The lowest BCUT2D eigenvalue weighted by atomic mass is 10.1. The van der Waals surface area contributed by atoms with Crippen LogP contribution in [0.1, 0.15) is 33.8 Å². The van der Waals surface area contributed by atoms with Gasteiger partial charge in [0.25, 0.3) is 5.69 Å². The van der Waals surface area contributed by atoms with Crippen molar-refractivity contribution in [1.82, 2.24) is 5.32 Å². The van der Waals surface area contributed by atoms with Gasteiger partial charge < -0.3 is 5.32 Å². The highest BCUT2D eigenvalue weighted by Gasteiger charge is 2.13. The van der Waals surface area contributed by atoms with Crippen LogP contribution < -0.4 is 5.32 Å². The Morgan fingerprint density at radius 1 is 1.33 bits per heavy atom. The number of nitro groups is 1. The number of nitro benzene ring substituents is 1.